The fourth-order valence-corrected chi connectivity index (χ4v) is 6.62. The standard InChI is InChI=1S/C30H31N3O6S2/c1-21-10-15-26(16-11-21)41(37,38)33(28-7-5-6-8-29(28)39-4)20-30(34)31-24-13-17-25(18-14-24)40(35,36)32-27-19-22(2)9-12-23(27)3/h5-19,32H,20H2,1-4H3,(H,31,34). The van der Waals surface area contributed by atoms with Crippen molar-refractivity contribution in [1.82, 2.24) is 0 Å². The van der Waals surface area contributed by atoms with Crippen molar-refractivity contribution in [3.63, 3.8) is 0 Å². The Kier molecular flexibility index (Phi) is 8.69. The number of anilines is 3. The van der Waals surface area contributed by atoms with E-state index in [2.05, 4.69) is 10.0 Å². The van der Waals surface area contributed by atoms with Crippen molar-refractivity contribution >= 4 is 43.0 Å². The number of hydrogen-bond acceptors (Lipinski definition) is 6. The Balaban J connectivity index is 1.56. The minimum absolute atomic E-state index is 0.00834. The summed E-state index contributed by atoms with van der Waals surface area (Å²) in [5.74, 6) is -0.349. The van der Waals surface area contributed by atoms with Crippen molar-refractivity contribution < 1.29 is 26.4 Å². The first-order chi connectivity index (χ1) is 19.4. The highest BCUT2D eigenvalue weighted by atomic mass is 32.2. The van der Waals surface area contributed by atoms with Gasteiger partial charge in [-0.05, 0) is 86.5 Å². The summed E-state index contributed by atoms with van der Waals surface area (Å²) < 4.78 is 62.2. The molecule has 4 aromatic carbocycles. The molecule has 9 nitrogen and oxygen atoms in total. The van der Waals surface area contributed by atoms with Gasteiger partial charge in [0.15, 0.2) is 0 Å². The Morgan fingerprint density at radius 3 is 2.05 bits per heavy atom. The van der Waals surface area contributed by atoms with Gasteiger partial charge in [0, 0.05) is 5.69 Å². The van der Waals surface area contributed by atoms with E-state index in [1.165, 1.54) is 43.5 Å². The molecule has 0 saturated heterocycles. The maximum absolute atomic E-state index is 13.7. The fraction of sp³-hybridized carbons (Fsp3) is 0.167. The van der Waals surface area contributed by atoms with Crippen molar-refractivity contribution in [2.75, 3.05) is 28.0 Å². The van der Waals surface area contributed by atoms with E-state index in [-0.39, 0.29) is 21.2 Å². The fourth-order valence-electron chi connectivity index (χ4n) is 4.07. The van der Waals surface area contributed by atoms with Gasteiger partial charge in [-0.15, -0.1) is 0 Å². The van der Waals surface area contributed by atoms with Crippen LogP contribution in [0, 0.1) is 20.8 Å². The van der Waals surface area contributed by atoms with Gasteiger partial charge in [-0.3, -0.25) is 13.8 Å². The number of amides is 1. The van der Waals surface area contributed by atoms with Gasteiger partial charge in [-0.1, -0.05) is 42.0 Å². The van der Waals surface area contributed by atoms with Crippen LogP contribution >= 0.6 is 0 Å². The van der Waals surface area contributed by atoms with Gasteiger partial charge >= 0.3 is 0 Å². The van der Waals surface area contributed by atoms with Crippen LogP contribution in [0.3, 0.4) is 0 Å². The van der Waals surface area contributed by atoms with Crippen molar-refractivity contribution in [3.8, 4) is 5.75 Å². The van der Waals surface area contributed by atoms with Gasteiger partial charge in [-0.25, -0.2) is 16.8 Å². The van der Waals surface area contributed by atoms with Crippen LogP contribution in [0.5, 0.6) is 5.75 Å². The Hall–Kier alpha value is -4.35. The van der Waals surface area contributed by atoms with E-state index in [1.807, 2.05) is 32.9 Å². The second kappa shape index (κ2) is 12.0. The summed E-state index contributed by atoms with van der Waals surface area (Å²) in [5, 5.41) is 2.66. The lowest BCUT2D eigenvalue weighted by atomic mass is 10.1. The molecule has 0 heterocycles. The lowest BCUT2D eigenvalue weighted by molar-refractivity contribution is -0.114. The van der Waals surface area contributed by atoms with Gasteiger partial charge in [0.1, 0.15) is 12.3 Å². The molecule has 4 rings (SSSR count). The van der Waals surface area contributed by atoms with Crippen LogP contribution in [-0.2, 0) is 24.8 Å². The molecule has 41 heavy (non-hydrogen) atoms. The molecule has 0 spiro atoms. The quantitative estimate of drug-likeness (QED) is 0.259. The van der Waals surface area contributed by atoms with Crippen LogP contribution in [0.15, 0.2) is 101 Å². The first-order valence-electron chi connectivity index (χ1n) is 12.6. The topological polar surface area (TPSA) is 122 Å². The number of aryl methyl sites for hydroxylation is 3. The molecule has 0 aliphatic heterocycles. The van der Waals surface area contributed by atoms with Crippen LogP contribution in [-0.4, -0.2) is 36.4 Å². The van der Waals surface area contributed by atoms with Crippen LogP contribution < -0.4 is 19.1 Å². The third-order valence-corrected chi connectivity index (χ3v) is 9.49. The van der Waals surface area contributed by atoms with E-state index in [1.54, 1.807) is 42.5 Å². The summed E-state index contributed by atoms with van der Waals surface area (Å²) in [6.07, 6.45) is 0. The number of nitrogens with one attached hydrogen (secondary N) is 2. The number of hydrogen-bond donors (Lipinski definition) is 2. The molecule has 0 atom stereocenters. The lowest BCUT2D eigenvalue weighted by Gasteiger charge is -2.25. The summed E-state index contributed by atoms with van der Waals surface area (Å²) in [5.41, 5.74) is 3.56. The van der Waals surface area contributed by atoms with E-state index in [9.17, 15) is 21.6 Å². The van der Waals surface area contributed by atoms with Gasteiger partial charge in [0.25, 0.3) is 20.0 Å². The van der Waals surface area contributed by atoms with Crippen LogP contribution in [0.2, 0.25) is 0 Å². The average molecular weight is 594 g/mol. The number of sulfonamides is 2. The molecule has 0 bridgehead atoms. The van der Waals surface area contributed by atoms with Crippen LogP contribution in [0.1, 0.15) is 16.7 Å². The van der Waals surface area contributed by atoms with Gasteiger partial charge in [0.2, 0.25) is 5.91 Å². The van der Waals surface area contributed by atoms with Crippen molar-refractivity contribution in [2.24, 2.45) is 0 Å². The maximum atomic E-state index is 13.7. The van der Waals surface area contributed by atoms with Gasteiger partial charge < -0.3 is 10.1 Å². The van der Waals surface area contributed by atoms with Crippen molar-refractivity contribution in [1.29, 1.82) is 0 Å². The molecule has 0 fully saturated rings. The number of para-hydroxylation sites is 2. The molecule has 0 saturated carbocycles. The summed E-state index contributed by atoms with van der Waals surface area (Å²) in [4.78, 5) is 13.2. The molecular formula is C30H31N3O6S2. The third kappa shape index (κ3) is 6.87. The molecule has 0 aromatic heterocycles. The predicted octanol–water partition coefficient (Wildman–Crippen LogP) is 5.26. The van der Waals surface area contributed by atoms with Crippen LogP contribution in [0.25, 0.3) is 0 Å². The molecular weight excluding hydrogens is 562 g/mol. The van der Waals surface area contributed by atoms with Gasteiger partial charge in [0.05, 0.1) is 28.3 Å². The second-order valence-corrected chi connectivity index (χ2v) is 13.0. The molecule has 0 aliphatic carbocycles. The normalized spacial score (nSPS) is 11.5. The van der Waals surface area contributed by atoms with Crippen molar-refractivity contribution in [3.05, 3.63) is 108 Å². The predicted molar refractivity (Wildman–Crippen MR) is 161 cm³/mol. The van der Waals surface area contributed by atoms with Crippen molar-refractivity contribution in [2.45, 2.75) is 30.6 Å². The van der Waals surface area contributed by atoms with E-state index in [0.717, 1.165) is 21.0 Å². The second-order valence-electron chi connectivity index (χ2n) is 9.49. The van der Waals surface area contributed by atoms with E-state index >= 15 is 0 Å². The number of rotatable bonds is 10. The Bertz CT molecular complexity index is 1770. The molecule has 0 radical (unpaired) electrons. The summed E-state index contributed by atoms with van der Waals surface area (Å²) in [7, 11) is -6.61. The highest BCUT2D eigenvalue weighted by Gasteiger charge is 2.29. The maximum Gasteiger partial charge on any atom is 0.264 e. The Morgan fingerprint density at radius 2 is 1.39 bits per heavy atom. The molecule has 11 heteroatoms. The Labute approximate surface area is 240 Å². The summed E-state index contributed by atoms with van der Waals surface area (Å²) >= 11 is 0. The van der Waals surface area contributed by atoms with E-state index in [4.69, 9.17) is 4.74 Å². The largest absolute Gasteiger partial charge is 0.495 e. The summed E-state index contributed by atoms with van der Waals surface area (Å²) in [6.45, 7) is 4.97. The molecule has 4 aromatic rings. The highest BCUT2D eigenvalue weighted by molar-refractivity contribution is 7.93. The summed E-state index contributed by atoms with van der Waals surface area (Å²) in [6, 6.07) is 23.9. The highest BCUT2D eigenvalue weighted by Crippen LogP contribution is 2.32. The number of benzene rings is 4. The number of nitrogens with zero attached hydrogens (tertiary/aromatic N) is 1. The number of carbonyl (C=O) groups is 1. The molecule has 0 unspecified atom stereocenters. The first kappa shape index (κ1) is 29.6. The molecule has 2 N–H and O–H groups in total. The van der Waals surface area contributed by atoms with Crippen LogP contribution in [0.4, 0.5) is 17.1 Å². The minimum atomic E-state index is -4.15. The molecule has 0 aliphatic rings. The van der Waals surface area contributed by atoms with E-state index < -0.39 is 32.5 Å². The number of carbonyl (C=O) groups excluding carboxylic acids is 1. The number of methoxy groups -OCH3 is 1. The zero-order valence-corrected chi connectivity index (χ0v) is 24.7. The number of ether oxygens (including phenoxy) is 1. The third-order valence-electron chi connectivity index (χ3n) is 6.34. The monoisotopic (exact) mass is 593 g/mol. The first-order valence-corrected chi connectivity index (χ1v) is 15.6. The minimum Gasteiger partial charge on any atom is -0.495 e. The SMILES string of the molecule is COc1ccccc1N(CC(=O)Nc1ccc(S(=O)(=O)Nc2cc(C)ccc2C)cc1)S(=O)(=O)c1ccc(C)cc1. The molecule has 1 amide bonds. The smallest absolute Gasteiger partial charge is 0.264 e. The molecule has 214 valence electrons. The zero-order chi connectivity index (χ0) is 29.8. The average Bonchev–Trinajstić information content (AvgIpc) is 2.94. The van der Waals surface area contributed by atoms with E-state index in [0.29, 0.717) is 11.4 Å². The van der Waals surface area contributed by atoms with Gasteiger partial charge in [-0.2, -0.15) is 0 Å². The zero-order valence-electron chi connectivity index (χ0n) is 23.1. The Morgan fingerprint density at radius 1 is 0.780 bits per heavy atom. The lowest BCUT2D eigenvalue weighted by Crippen LogP contribution is -2.38.